The van der Waals surface area contributed by atoms with Gasteiger partial charge in [-0.3, -0.25) is 14.7 Å². The highest BCUT2D eigenvalue weighted by Crippen LogP contribution is 2.26. The average molecular weight is 581 g/mol. The molecule has 1 N–H and O–H groups in total. The highest BCUT2D eigenvalue weighted by molar-refractivity contribution is 7.89. The third-order valence-electron chi connectivity index (χ3n) is 7.01. The largest absolute Gasteiger partial charge is 0.497 e. The van der Waals surface area contributed by atoms with Gasteiger partial charge in [0, 0.05) is 24.0 Å². The summed E-state index contributed by atoms with van der Waals surface area (Å²) in [6.45, 7) is 3.67. The second kappa shape index (κ2) is 12.4. The first-order chi connectivity index (χ1) is 20.2. The second-order valence-corrected chi connectivity index (χ2v) is 11.9. The maximum absolute atomic E-state index is 13.8. The van der Waals surface area contributed by atoms with E-state index in [0.29, 0.717) is 17.4 Å². The van der Waals surface area contributed by atoms with E-state index in [4.69, 9.17) is 9.72 Å². The highest BCUT2D eigenvalue weighted by Gasteiger charge is 2.28. The number of carbonyl (C=O) groups excluding carboxylic acids is 1. The van der Waals surface area contributed by atoms with Crippen LogP contribution < -0.4 is 10.1 Å². The zero-order valence-corrected chi connectivity index (χ0v) is 24.5. The van der Waals surface area contributed by atoms with Crippen molar-refractivity contribution >= 4 is 21.9 Å². The van der Waals surface area contributed by atoms with Crippen molar-refractivity contribution in [2.24, 2.45) is 0 Å². The first-order valence-corrected chi connectivity index (χ1v) is 14.9. The quantitative estimate of drug-likeness (QED) is 0.219. The van der Waals surface area contributed by atoms with Crippen LogP contribution in [0.3, 0.4) is 0 Å². The molecule has 214 valence electrons. The molecule has 0 aliphatic rings. The monoisotopic (exact) mass is 580 g/mol. The van der Waals surface area contributed by atoms with Crippen LogP contribution in [0.2, 0.25) is 0 Å². The van der Waals surface area contributed by atoms with Crippen LogP contribution in [0, 0.1) is 13.8 Å². The van der Waals surface area contributed by atoms with Crippen LogP contribution in [0.25, 0.3) is 16.9 Å². The molecule has 8 nitrogen and oxygen atoms in total. The molecular weight excluding hydrogens is 548 g/mol. The molecule has 0 bridgehead atoms. The Morgan fingerprint density at radius 1 is 0.881 bits per heavy atom. The summed E-state index contributed by atoms with van der Waals surface area (Å²) >= 11 is 0. The topological polar surface area (TPSA) is 93.5 Å². The molecule has 1 aromatic heterocycles. The van der Waals surface area contributed by atoms with Gasteiger partial charge < -0.3 is 4.74 Å². The van der Waals surface area contributed by atoms with Crippen molar-refractivity contribution in [3.05, 3.63) is 126 Å². The molecule has 4 aromatic carbocycles. The summed E-state index contributed by atoms with van der Waals surface area (Å²) in [5.41, 5.74) is 5.40. The smallest absolute Gasteiger partial charge is 0.243 e. The number of nitrogens with zero attached hydrogens (tertiary/aromatic N) is 3. The predicted molar refractivity (Wildman–Crippen MR) is 164 cm³/mol. The number of hydrogen-bond acceptors (Lipinski definition) is 5. The van der Waals surface area contributed by atoms with Gasteiger partial charge in [0.2, 0.25) is 21.9 Å². The summed E-state index contributed by atoms with van der Waals surface area (Å²) in [7, 11) is -2.52. The van der Waals surface area contributed by atoms with Crippen LogP contribution in [-0.4, -0.2) is 41.8 Å². The van der Waals surface area contributed by atoms with Gasteiger partial charge in [-0.1, -0.05) is 66.7 Å². The fraction of sp³-hybridized carbons (Fsp3) is 0.152. The van der Waals surface area contributed by atoms with Crippen molar-refractivity contribution in [1.82, 2.24) is 13.9 Å². The normalized spacial score (nSPS) is 11.4. The lowest BCUT2D eigenvalue weighted by molar-refractivity contribution is -0.116. The van der Waals surface area contributed by atoms with Gasteiger partial charge in [0.1, 0.15) is 5.75 Å². The minimum atomic E-state index is -4.03. The molecule has 0 saturated carbocycles. The molecule has 0 spiro atoms. The molecule has 0 aliphatic carbocycles. The summed E-state index contributed by atoms with van der Waals surface area (Å²) in [5, 5.41) is 2.88. The number of rotatable bonds is 10. The Labute approximate surface area is 246 Å². The Morgan fingerprint density at radius 2 is 1.55 bits per heavy atom. The van der Waals surface area contributed by atoms with Gasteiger partial charge >= 0.3 is 0 Å². The predicted octanol–water partition coefficient (Wildman–Crippen LogP) is 5.99. The summed E-state index contributed by atoms with van der Waals surface area (Å²) in [5.74, 6) is 0.315. The fourth-order valence-corrected chi connectivity index (χ4v) is 5.91. The van der Waals surface area contributed by atoms with E-state index < -0.39 is 22.5 Å². The van der Waals surface area contributed by atoms with Gasteiger partial charge in [-0.05, 0) is 66.9 Å². The van der Waals surface area contributed by atoms with E-state index in [9.17, 15) is 13.2 Å². The first kappa shape index (κ1) is 28.8. The number of aromatic nitrogens is 2. The van der Waals surface area contributed by atoms with Gasteiger partial charge in [0.15, 0.2) is 0 Å². The first-order valence-electron chi connectivity index (χ1n) is 13.4. The third kappa shape index (κ3) is 6.43. The van der Waals surface area contributed by atoms with Crippen LogP contribution >= 0.6 is 0 Å². The third-order valence-corrected chi connectivity index (χ3v) is 8.82. The van der Waals surface area contributed by atoms with E-state index in [1.807, 2.05) is 103 Å². The van der Waals surface area contributed by atoms with Gasteiger partial charge in [-0.15, -0.1) is 0 Å². The van der Waals surface area contributed by atoms with Crippen LogP contribution in [0.4, 0.5) is 5.95 Å². The van der Waals surface area contributed by atoms with Crippen LogP contribution in [0.1, 0.15) is 16.7 Å². The molecule has 0 aliphatic heterocycles. The Balaban J connectivity index is 1.48. The number of imidazole rings is 1. The summed E-state index contributed by atoms with van der Waals surface area (Å²) in [4.78, 5) is 18.3. The van der Waals surface area contributed by atoms with Crippen LogP contribution in [0.15, 0.2) is 114 Å². The molecule has 1 heterocycles. The van der Waals surface area contributed by atoms with E-state index in [-0.39, 0.29) is 11.4 Å². The second-order valence-electron chi connectivity index (χ2n) is 9.94. The molecular formula is C33H32N4O4S. The SMILES string of the molecule is COc1ccc(S(=O)(=O)N(CC(=O)Nc2nc(-c3ccccc3)cn2-c2ccc(C)c(C)c2)Cc2ccccc2)cc1. The maximum atomic E-state index is 13.8. The number of methoxy groups -OCH3 is 1. The average Bonchev–Trinajstić information content (AvgIpc) is 3.42. The molecule has 0 fully saturated rings. The molecule has 5 aromatic rings. The Bertz CT molecular complexity index is 1790. The number of aryl methyl sites for hydroxylation is 2. The lowest BCUT2D eigenvalue weighted by atomic mass is 10.1. The van der Waals surface area contributed by atoms with Crippen molar-refractivity contribution < 1.29 is 17.9 Å². The standard InChI is InChI=1S/C33H32N4O4S/c1-24-14-15-28(20-25(24)2)37-22-31(27-12-8-5-9-13-27)34-33(37)35-32(38)23-36(21-26-10-6-4-7-11-26)42(39,40)30-18-16-29(41-3)17-19-30/h4-20,22H,21,23H2,1-3H3,(H,34,35,38). The van der Waals surface area contributed by atoms with E-state index in [1.165, 1.54) is 23.5 Å². The number of anilines is 1. The van der Waals surface area contributed by atoms with E-state index in [1.54, 1.807) is 12.1 Å². The Morgan fingerprint density at radius 3 is 2.19 bits per heavy atom. The van der Waals surface area contributed by atoms with E-state index in [2.05, 4.69) is 5.32 Å². The number of sulfonamides is 1. The highest BCUT2D eigenvalue weighted by atomic mass is 32.2. The molecule has 0 unspecified atom stereocenters. The minimum Gasteiger partial charge on any atom is -0.497 e. The minimum absolute atomic E-state index is 0.0173. The fourth-order valence-electron chi connectivity index (χ4n) is 4.52. The number of ether oxygens (including phenoxy) is 1. The van der Waals surface area contributed by atoms with Crippen molar-refractivity contribution in [1.29, 1.82) is 0 Å². The summed E-state index contributed by atoms with van der Waals surface area (Å²) in [6, 6.07) is 31.0. The van der Waals surface area contributed by atoms with Gasteiger partial charge in [0.25, 0.3) is 0 Å². The van der Waals surface area contributed by atoms with E-state index >= 15 is 0 Å². The lowest BCUT2D eigenvalue weighted by Gasteiger charge is -2.22. The van der Waals surface area contributed by atoms with Crippen LogP contribution in [-0.2, 0) is 21.4 Å². The molecule has 1 amide bonds. The van der Waals surface area contributed by atoms with Gasteiger partial charge in [0.05, 0.1) is 24.2 Å². The molecule has 0 saturated heterocycles. The Kier molecular flexibility index (Phi) is 8.51. The Hall–Kier alpha value is -4.73. The van der Waals surface area contributed by atoms with Crippen molar-refractivity contribution in [3.8, 4) is 22.7 Å². The van der Waals surface area contributed by atoms with Gasteiger partial charge in [-0.2, -0.15) is 4.31 Å². The van der Waals surface area contributed by atoms with Gasteiger partial charge in [-0.25, -0.2) is 13.4 Å². The molecule has 42 heavy (non-hydrogen) atoms. The zero-order chi connectivity index (χ0) is 29.7. The molecule has 0 atom stereocenters. The van der Waals surface area contributed by atoms with Crippen molar-refractivity contribution in [3.63, 3.8) is 0 Å². The van der Waals surface area contributed by atoms with Crippen molar-refractivity contribution in [2.75, 3.05) is 19.0 Å². The number of benzene rings is 4. The number of carbonyl (C=O) groups is 1. The lowest BCUT2D eigenvalue weighted by Crippen LogP contribution is -2.38. The molecule has 0 radical (unpaired) electrons. The number of nitrogens with one attached hydrogen (secondary N) is 1. The van der Waals surface area contributed by atoms with Crippen molar-refractivity contribution in [2.45, 2.75) is 25.3 Å². The number of amides is 1. The zero-order valence-electron chi connectivity index (χ0n) is 23.7. The molecule has 5 rings (SSSR count). The summed E-state index contributed by atoms with van der Waals surface area (Å²) < 4.78 is 35.7. The van der Waals surface area contributed by atoms with Crippen LogP contribution in [0.5, 0.6) is 5.75 Å². The molecule has 9 heteroatoms. The maximum Gasteiger partial charge on any atom is 0.243 e. The number of hydrogen-bond donors (Lipinski definition) is 1. The summed E-state index contributed by atoms with van der Waals surface area (Å²) in [6.07, 6.45) is 1.87. The van der Waals surface area contributed by atoms with E-state index in [0.717, 1.165) is 27.9 Å².